The van der Waals surface area contributed by atoms with Crippen LogP contribution in [0.25, 0.3) is 0 Å². The fraction of sp³-hybridized carbons (Fsp3) is 0.214. The minimum absolute atomic E-state index is 0.0196. The number of Topliss-reactive ketones (excluding diaryl/α,β-unsaturated/α-hetero) is 1. The molecule has 1 aliphatic rings. The highest BCUT2D eigenvalue weighted by atomic mass is 32.1. The highest BCUT2D eigenvalue weighted by molar-refractivity contribution is 7.10. The summed E-state index contributed by atoms with van der Waals surface area (Å²) >= 11 is 1.57. The Bertz CT molecular complexity index is 588. The van der Waals surface area contributed by atoms with Gasteiger partial charge in [-0.1, -0.05) is 12.1 Å². The van der Waals surface area contributed by atoms with Crippen LogP contribution in [0.5, 0.6) is 11.5 Å². The number of ether oxygens (including phenoxy) is 2. The molecule has 0 N–H and O–H groups in total. The fourth-order valence-electron chi connectivity index (χ4n) is 1.91. The van der Waals surface area contributed by atoms with E-state index in [2.05, 4.69) is 0 Å². The monoisotopic (exact) mass is 260 g/mol. The molecule has 3 rings (SSSR count). The van der Waals surface area contributed by atoms with Crippen LogP contribution < -0.4 is 9.47 Å². The van der Waals surface area contributed by atoms with Crippen LogP contribution in [0.1, 0.15) is 15.2 Å². The molecule has 2 aromatic rings. The fourth-order valence-corrected chi connectivity index (χ4v) is 2.60. The van der Waals surface area contributed by atoms with Crippen molar-refractivity contribution in [3.8, 4) is 11.5 Å². The van der Waals surface area contributed by atoms with Gasteiger partial charge in [0.05, 0.1) is 0 Å². The van der Waals surface area contributed by atoms with Crippen LogP contribution in [0.4, 0.5) is 0 Å². The molecule has 0 amide bonds. The molecule has 1 aromatic heterocycles. The quantitative estimate of drug-likeness (QED) is 0.778. The minimum Gasteiger partial charge on any atom is -0.485 e. The first kappa shape index (κ1) is 11.3. The van der Waals surface area contributed by atoms with Crippen molar-refractivity contribution in [2.45, 2.75) is 13.0 Å². The van der Waals surface area contributed by atoms with E-state index >= 15 is 0 Å². The molecule has 0 fully saturated rings. The van der Waals surface area contributed by atoms with E-state index in [0.29, 0.717) is 17.1 Å². The molecule has 0 aliphatic carbocycles. The van der Waals surface area contributed by atoms with Gasteiger partial charge in [0.25, 0.3) is 0 Å². The van der Waals surface area contributed by atoms with E-state index in [9.17, 15) is 4.79 Å². The summed E-state index contributed by atoms with van der Waals surface area (Å²) in [6, 6.07) is 9.28. The number of hydrogen-bond donors (Lipinski definition) is 0. The summed E-state index contributed by atoms with van der Waals surface area (Å²) < 4.78 is 11.2. The van der Waals surface area contributed by atoms with Crippen molar-refractivity contribution in [2.24, 2.45) is 0 Å². The SMILES string of the molecule is Cc1cc(C(=O)C2COc3ccccc3O2)cs1. The van der Waals surface area contributed by atoms with Crippen molar-refractivity contribution in [3.05, 3.63) is 46.2 Å². The van der Waals surface area contributed by atoms with Crippen molar-refractivity contribution >= 4 is 17.1 Å². The van der Waals surface area contributed by atoms with Crippen molar-refractivity contribution in [3.63, 3.8) is 0 Å². The summed E-state index contributed by atoms with van der Waals surface area (Å²) in [5.41, 5.74) is 0.700. The first-order chi connectivity index (χ1) is 8.74. The Hall–Kier alpha value is -1.81. The normalized spacial score (nSPS) is 17.5. The predicted molar refractivity (Wildman–Crippen MR) is 69.7 cm³/mol. The maximum absolute atomic E-state index is 12.2. The van der Waals surface area contributed by atoms with Gasteiger partial charge in [0.15, 0.2) is 17.6 Å². The molecular weight excluding hydrogens is 248 g/mol. The van der Waals surface area contributed by atoms with Gasteiger partial charge < -0.3 is 9.47 Å². The lowest BCUT2D eigenvalue weighted by Gasteiger charge is -2.25. The molecule has 0 saturated heterocycles. The van der Waals surface area contributed by atoms with E-state index in [1.807, 2.05) is 42.6 Å². The van der Waals surface area contributed by atoms with E-state index in [0.717, 1.165) is 4.88 Å². The Balaban J connectivity index is 1.82. The number of rotatable bonds is 2. The van der Waals surface area contributed by atoms with Crippen LogP contribution in [0.15, 0.2) is 35.7 Å². The number of para-hydroxylation sites is 2. The van der Waals surface area contributed by atoms with E-state index in [4.69, 9.17) is 9.47 Å². The van der Waals surface area contributed by atoms with E-state index in [-0.39, 0.29) is 12.4 Å². The van der Waals surface area contributed by atoms with Gasteiger partial charge in [0.1, 0.15) is 6.61 Å². The van der Waals surface area contributed by atoms with Crippen LogP contribution >= 0.6 is 11.3 Å². The van der Waals surface area contributed by atoms with Crippen molar-refractivity contribution < 1.29 is 14.3 Å². The maximum atomic E-state index is 12.2. The second-order valence-corrected chi connectivity index (χ2v) is 5.29. The van der Waals surface area contributed by atoms with Crippen molar-refractivity contribution in [2.75, 3.05) is 6.61 Å². The van der Waals surface area contributed by atoms with Crippen molar-refractivity contribution in [1.29, 1.82) is 0 Å². The Kier molecular flexibility index (Phi) is 2.80. The van der Waals surface area contributed by atoms with E-state index in [1.54, 1.807) is 11.3 Å². The zero-order valence-corrected chi connectivity index (χ0v) is 10.7. The molecule has 0 saturated carbocycles. The Labute approximate surface area is 109 Å². The maximum Gasteiger partial charge on any atom is 0.207 e. The lowest BCUT2D eigenvalue weighted by molar-refractivity contribution is 0.0586. The topological polar surface area (TPSA) is 35.5 Å². The number of carbonyl (C=O) groups is 1. The average Bonchev–Trinajstić information content (AvgIpc) is 2.84. The van der Waals surface area contributed by atoms with Gasteiger partial charge in [-0.3, -0.25) is 4.79 Å². The zero-order chi connectivity index (χ0) is 12.5. The van der Waals surface area contributed by atoms with Gasteiger partial charge >= 0.3 is 0 Å². The smallest absolute Gasteiger partial charge is 0.207 e. The molecule has 92 valence electrons. The van der Waals surface area contributed by atoms with E-state index in [1.165, 1.54) is 0 Å². The first-order valence-corrected chi connectivity index (χ1v) is 6.60. The lowest BCUT2D eigenvalue weighted by atomic mass is 10.1. The zero-order valence-electron chi connectivity index (χ0n) is 9.88. The summed E-state index contributed by atoms with van der Waals surface area (Å²) in [4.78, 5) is 13.3. The molecule has 0 spiro atoms. The van der Waals surface area contributed by atoms with Gasteiger partial charge in [-0.15, -0.1) is 11.3 Å². The summed E-state index contributed by atoms with van der Waals surface area (Å²) in [7, 11) is 0. The number of ketones is 1. The molecule has 1 aromatic carbocycles. The molecule has 4 heteroatoms. The highest BCUT2D eigenvalue weighted by Crippen LogP contribution is 2.31. The molecule has 1 aliphatic heterocycles. The van der Waals surface area contributed by atoms with Crippen LogP contribution in [0, 0.1) is 6.92 Å². The van der Waals surface area contributed by atoms with Gasteiger partial charge in [-0.2, -0.15) is 0 Å². The number of aryl methyl sites for hydroxylation is 1. The summed E-state index contributed by atoms with van der Waals surface area (Å²) in [6.07, 6.45) is -0.547. The number of hydrogen-bond acceptors (Lipinski definition) is 4. The number of benzene rings is 1. The molecule has 1 atom stereocenters. The number of thiophene rings is 1. The lowest BCUT2D eigenvalue weighted by Crippen LogP contribution is -2.36. The van der Waals surface area contributed by atoms with Gasteiger partial charge in [-0.25, -0.2) is 0 Å². The van der Waals surface area contributed by atoms with Crippen LogP contribution in [0.3, 0.4) is 0 Å². The van der Waals surface area contributed by atoms with Gasteiger partial charge in [0.2, 0.25) is 5.78 Å². The van der Waals surface area contributed by atoms with Crippen molar-refractivity contribution in [1.82, 2.24) is 0 Å². The Morgan fingerprint density at radius 1 is 1.33 bits per heavy atom. The predicted octanol–water partition coefficient (Wildman–Crippen LogP) is 3.08. The summed E-state index contributed by atoms with van der Waals surface area (Å²) in [5.74, 6) is 1.31. The molecular formula is C14H12O3S. The number of carbonyl (C=O) groups excluding carboxylic acids is 1. The molecule has 18 heavy (non-hydrogen) atoms. The molecule has 1 unspecified atom stereocenters. The minimum atomic E-state index is -0.547. The molecule has 3 nitrogen and oxygen atoms in total. The molecule has 0 radical (unpaired) electrons. The number of fused-ring (bicyclic) bond motifs is 1. The second-order valence-electron chi connectivity index (χ2n) is 4.17. The standard InChI is InChI=1S/C14H12O3S/c1-9-6-10(8-18-9)14(15)13-7-16-11-4-2-3-5-12(11)17-13/h2-6,8,13H,7H2,1H3. The van der Waals surface area contributed by atoms with E-state index < -0.39 is 6.10 Å². The van der Waals surface area contributed by atoms with Gasteiger partial charge in [-0.05, 0) is 25.1 Å². The van der Waals surface area contributed by atoms with Crippen LogP contribution in [-0.2, 0) is 0 Å². The highest BCUT2D eigenvalue weighted by Gasteiger charge is 2.28. The van der Waals surface area contributed by atoms with Crippen LogP contribution in [-0.4, -0.2) is 18.5 Å². The van der Waals surface area contributed by atoms with Crippen LogP contribution in [0.2, 0.25) is 0 Å². The summed E-state index contributed by atoms with van der Waals surface area (Å²) in [6.45, 7) is 2.25. The molecule has 0 bridgehead atoms. The Morgan fingerprint density at radius 3 is 2.83 bits per heavy atom. The third kappa shape index (κ3) is 1.99. The molecule has 2 heterocycles. The third-order valence-corrected chi connectivity index (χ3v) is 3.68. The second kappa shape index (κ2) is 4.46. The largest absolute Gasteiger partial charge is 0.485 e. The first-order valence-electron chi connectivity index (χ1n) is 5.72. The average molecular weight is 260 g/mol. The Morgan fingerprint density at radius 2 is 2.11 bits per heavy atom. The van der Waals surface area contributed by atoms with Gasteiger partial charge in [0, 0.05) is 15.8 Å². The summed E-state index contributed by atoms with van der Waals surface area (Å²) in [5, 5.41) is 1.86. The third-order valence-electron chi connectivity index (χ3n) is 2.82.